The van der Waals surface area contributed by atoms with E-state index in [1.807, 2.05) is 36.9 Å². The normalized spacial score (nSPS) is 27.8. The molecule has 2 unspecified atom stereocenters. The van der Waals surface area contributed by atoms with Crippen LogP contribution in [0.3, 0.4) is 0 Å². The summed E-state index contributed by atoms with van der Waals surface area (Å²) in [6.45, 7) is 4.08. The molecular weight excluding hydrogens is 266 g/mol. The number of aryl methyl sites for hydroxylation is 2. The van der Waals surface area contributed by atoms with Crippen molar-refractivity contribution in [2.45, 2.75) is 57.7 Å². The zero-order chi connectivity index (χ0) is 15.0. The summed E-state index contributed by atoms with van der Waals surface area (Å²) >= 11 is 0. The van der Waals surface area contributed by atoms with E-state index in [0.29, 0.717) is 12.8 Å². The van der Waals surface area contributed by atoms with Crippen molar-refractivity contribution in [1.82, 2.24) is 4.90 Å². The molecule has 2 heterocycles. The number of benzene rings is 1. The highest BCUT2D eigenvalue weighted by Crippen LogP contribution is 2.35. The van der Waals surface area contributed by atoms with Crippen LogP contribution in [-0.4, -0.2) is 40.7 Å². The van der Waals surface area contributed by atoms with Gasteiger partial charge in [-0.25, -0.2) is 0 Å². The second kappa shape index (κ2) is 5.68. The molecule has 21 heavy (non-hydrogen) atoms. The average molecular weight is 289 g/mol. The molecule has 0 aliphatic carbocycles. The second-order valence-corrected chi connectivity index (χ2v) is 6.32. The molecule has 3 rings (SSSR count). The number of hydrogen-bond acceptors (Lipinski definition) is 3. The lowest BCUT2D eigenvalue weighted by Gasteiger charge is -2.37. The van der Waals surface area contributed by atoms with Crippen LogP contribution < -0.4 is 4.74 Å². The van der Waals surface area contributed by atoms with Gasteiger partial charge in [-0.05, 0) is 50.7 Å². The number of hydrogen-bond donors (Lipinski definition) is 1. The van der Waals surface area contributed by atoms with Gasteiger partial charge in [-0.15, -0.1) is 0 Å². The zero-order valence-corrected chi connectivity index (χ0v) is 12.7. The fraction of sp³-hybridized carbons (Fsp3) is 0.588. The Balaban J connectivity index is 1.65. The molecule has 4 nitrogen and oxygen atoms in total. The third-order valence-electron chi connectivity index (χ3n) is 4.74. The zero-order valence-electron chi connectivity index (χ0n) is 12.7. The Labute approximate surface area is 125 Å². The maximum atomic E-state index is 12.5. The fourth-order valence-electron chi connectivity index (χ4n) is 3.79. The molecule has 2 atom stereocenters. The Morgan fingerprint density at radius 2 is 1.81 bits per heavy atom. The Morgan fingerprint density at radius 1 is 1.24 bits per heavy atom. The van der Waals surface area contributed by atoms with Crippen LogP contribution in [0.5, 0.6) is 5.75 Å². The van der Waals surface area contributed by atoms with Gasteiger partial charge in [-0.3, -0.25) is 4.79 Å². The maximum absolute atomic E-state index is 12.5. The summed E-state index contributed by atoms with van der Waals surface area (Å²) in [5, 5.41) is 9.80. The minimum absolute atomic E-state index is 0.0528. The Kier molecular flexibility index (Phi) is 3.89. The molecule has 1 aromatic rings. The quantitative estimate of drug-likeness (QED) is 0.928. The second-order valence-electron chi connectivity index (χ2n) is 6.32. The molecule has 0 radical (unpaired) electrons. The summed E-state index contributed by atoms with van der Waals surface area (Å²) in [5.41, 5.74) is 2.11. The van der Waals surface area contributed by atoms with Crippen LogP contribution in [0.2, 0.25) is 0 Å². The summed E-state index contributed by atoms with van der Waals surface area (Å²) < 4.78 is 5.78. The summed E-state index contributed by atoms with van der Waals surface area (Å²) in [5.74, 6) is 0.868. The number of amides is 1. The SMILES string of the molecule is Cc1cccc(C)c1OCC(=O)N1C2CCC1CC(O)C2. The molecule has 0 spiro atoms. The highest BCUT2D eigenvalue weighted by molar-refractivity contribution is 5.79. The third kappa shape index (κ3) is 2.77. The molecule has 2 bridgehead atoms. The van der Waals surface area contributed by atoms with Crippen molar-refractivity contribution in [3.8, 4) is 5.75 Å². The number of piperidine rings is 1. The third-order valence-corrected chi connectivity index (χ3v) is 4.74. The number of carbonyl (C=O) groups is 1. The number of nitrogens with zero attached hydrogens (tertiary/aromatic N) is 1. The standard InChI is InChI=1S/C17H23NO3/c1-11-4-3-5-12(2)17(11)21-10-16(20)18-13-6-7-14(18)9-15(19)8-13/h3-5,13-15,19H,6-10H2,1-2H3. The number of aliphatic hydroxyl groups excluding tert-OH is 1. The van der Waals surface area contributed by atoms with Gasteiger partial charge < -0.3 is 14.7 Å². The van der Waals surface area contributed by atoms with E-state index in [1.54, 1.807) is 0 Å². The van der Waals surface area contributed by atoms with Crippen LogP contribution in [0.1, 0.15) is 36.8 Å². The lowest BCUT2D eigenvalue weighted by Crippen LogP contribution is -2.49. The molecule has 1 amide bonds. The smallest absolute Gasteiger partial charge is 0.261 e. The van der Waals surface area contributed by atoms with Crippen LogP contribution in [0.15, 0.2) is 18.2 Å². The van der Waals surface area contributed by atoms with E-state index in [9.17, 15) is 9.90 Å². The van der Waals surface area contributed by atoms with E-state index in [1.165, 1.54) is 0 Å². The van der Waals surface area contributed by atoms with Crippen LogP contribution in [0.4, 0.5) is 0 Å². The number of rotatable bonds is 3. The highest BCUT2D eigenvalue weighted by atomic mass is 16.5. The van der Waals surface area contributed by atoms with Gasteiger partial charge in [0.05, 0.1) is 6.10 Å². The summed E-state index contributed by atoms with van der Waals surface area (Å²) in [6.07, 6.45) is 3.21. The first-order chi connectivity index (χ1) is 10.1. The van der Waals surface area contributed by atoms with Crippen molar-refractivity contribution in [2.24, 2.45) is 0 Å². The van der Waals surface area contributed by atoms with Crippen molar-refractivity contribution < 1.29 is 14.6 Å². The predicted molar refractivity (Wildman–Crippen MR) is 80.3 cm³/mol. The van der Waals surface area contributed by atoms with Crippen LogP contribution in [0.25, 0.3) is 0 Å². The molecule has 114 valence electrons. The number of para-hydroxylation sites is 1. The van der Waals surface area contributed by atoms with Gasteiger partial charge in [0.1, 0.15) is 5.75 Å². The molecule has 0 aromatic heterocycles. The minimum Gasteiger partial charge on any atom is -0.483 e. The summed E-state index contributed by atoms with van der Waals surface area (Å²) in [4.78, 5) is 14.4. The molecule has 4 heteroatoms. The van der Waals surface area contributed by atoms with Crippen molar-refractivity contribution in [3.63, 3.8) is 0 Å². The molecule has 2 aliphatic rings. The summed E-state index contributed by atoms with van der Waals surface area (Å²) in [7, 11) is 0. The first kappa shape index (κ1) is 14.4. The Hall–Kier alpha value is -1.55. The lowest BCUT2D eigenvalue weighted by atomic mass is 10.00. The van der Waals surface area contributed by atoms with E-state index in [2.05, 4.69) is 0 Å². The number of ether oxygens (including phenoxy) is 1. The fourth-order valence-corrected chi connectivity index (χ4v) is 3.79. The van der Waals surface area contributed by atoms with Gasteiger partial charge in [0, 0.05) is 12.1 Å². The van der Waals surface area contributed by atoms with Crippen molar-refractivity contribution in [1.29, 1.82) is 0 Å². The van der Waals surface area contributed by atoms with Crippen LogP contribution >= 0.6 is 0 Å². The van der Waals surface area contributed by atoms with Crippen LogP contribution in [-0.2, 0) is 4.79 Å². The summed E-state index contributed by atoms with van der Waals surface area (Å²) in [6, 6.07) is 6.38. The molecule has 2 aliphatic heterocycles. The molecule has 1 N–H and O–H groups in total. The average Bonchev–Trinajstić information content (AvgIpc) is 2.70. The van der Waals surface area contributed by atoms with Crippen LogP contribution in [0, 0.1) is 13.8 Å². The lowest BCUT2D eigenvalue weighted by molar-refractivity contribution is -0.139. The topological polar surface area (TPSA) is 49.8 Å². The molecule has 2 fully saturated rings. The highest BCUT2D eigenvalue weighted by Gasteiger charge is 2.42. The Bertz CT molecular complexity index is 509. The number of aliphatic hydroxyl groups is 1. The first-order valence-electron chi connectivity index (χ1n) is 7.74. The van der Waals surface area contributed by atoms with Crippen molar-refractivity contribution in [2.75, 3.05) is 6.61 Å². The largest absolute Gasteiger partial charge is 0.483 e. The van der Waals surface area contributed by atoms with Gasteiger partial charge in [0.2, 0.25) is 0 Å². The molecule has 1 aromatic carbocycles. The maximum Gasteiger partial charge on any atom is 0.261 e. The van der Waals surface area contributed by atoms with E-state index in [-0.39, 0.29) is 30.7 Å². The van der Waals surface area contributed by atoms with Gasteiger partial charge in [-0.2, -0.15) is 0 Å². The minimum atomic E-state index is -0.244. The molecule has 0 saturated carbocycles. The van der Waals surface area contributed by atoms with E-state index >= 15 is 0 Å². The monoisotopic (exact) mass is 289 g/mol. The van der Waals surface area contributed by atoms with E-state index in [0.717, 1.165) is 29.7 Å². The van der Waals surface area contributed by atoms with Crippen molar-refractivity contribution >= 4 is 5.91 Å². The van der Waals surface area contributed by atoms with Gasteiger partial charge >= 0.3 is 0 Å². The van der Waals surface area contributed by atoms with Gasteiger partial charge in [0.15, 0.2) is 6.61 Å². The Morgan fingerprint density at radius 3 is 2.38 bits per heavy atom. The molecular formula is C17H23NO3. The van der Waals surface area contributed by atoms with E-state index in [4.69, 9.17) is 4.74 Å². The predicted octanol–water partition coefficient (Wildman–Crippen LogP) is 2.20. The van der Waals surface area contributed by atoms with E-state index < -0.39 is 0 Å². The number of carbonyl (C=O) groups excluding carboxylic acids is 1. The first-order valence-corrected chi connectivity index (χ1v) is 7.74. The van der Waals surface area contributed by atoms with Gasteiger partial charge in [0.25, 0.3) is 5.91 Å². The van der Waals surface area contributed by atoms with Gasteiger partial charge in [-0.1, -0.05) is 18.2 Å². The van der Waals surface area contributed by atoms with Crippen molar-refractivity contribution in [3.05, 3.63) is 29.3 Å². The number of fused-ring (bicyclic) bond motifs is 2. The molecule has 2 saturated heterocycles.